The Labute approximate surface area is 356 Å². The number of furan rings is 2. The second-order valence-corrected chi connectivity index (χ2v) is 16.0. The number of fused-ring (bicyclic) bond motifs is 12. The lowest BCUT2D eigenvalue weighted by atomic mass is 9.91. The molecule has 0 unspecified atom stereocenters. The second-order valence-electron chi connectivity index (χ2n) is 16.0. The topological polar surface area (TPSA) is 52.1 Å². The third-order valence-corrected chi connectivity index (χ3v) is 12.5. The van der Waals surface area contributed by atoms with Gasteiger partial charge in [-0.15, -0.1) is 0 Å². The fourth-order valence-corrected chi connectivity index (χ4v) is 9.60. The molecule has 0 aliphatic rings. The first-order chi connectivity index (χ1) is 30.7. The molecule has 0 atom stereocenters. The normalized spacial score (nSPS) is 11.9. The van der Waals surface area contributed by atoms with Crippen LogP contribution < -0.4 is 0 Å². The van der Waals surface area contributed by atoms with E-state index < -0.39 is 0 Å². The summed E-state index contributed by atoms with van der Waals surface area (Å²) in [4.78, 5) is 10.2. The highest BCUT2D eigenvalue weighted by Gasteiger charge is 2.20. The maximum absolute atomic E-state index is 6.56. The first-order valence-corrected chi connectivity index (χ1v) is 21.0. The molecule has 0 radical (unpaired) electrons. The first-order valence-electron chi connectivity index (χ1n) is 21.0. The Morgan fingerprint density at radius 2 is 0.726 bits per heavy atom. The van der Waals surface area contributed by atoms with Gasteiger partial charge in [0.1, 0.15) is 22.3 Å². The van der Waals surface area contributed by atoms with Crippen LogP contribution in [0.4, 0.5) is 0 Å². The van der Waals surface area contributed by atoms with Crippen molar-refractivity contribution in [2.45, 2.75) is 0 Å². The number of hydrogen-bond donors (Lipinski definition) is 0. The van der Waals surface area contributed by atoms with E-state index in [0.29, 0.717) is 5.82 Å². The number of rotatable bonds is 5. The highest BCUT2D eigenvalue weighted by atomic mass is 16.3. The van der Waals surface area contributed by atoms with Crippen LogP contribution in [-0.4, -0.2) is 9.97 Å². The SMILES string of the molecule is c1ccc(-c2cc(-c3cccc4oc5ccc(-c6cccc7oc8ccc(-c9ccc%10c%11ccccc%11c%11ccccc%11c%10c9)cc8c67)cc5c34)nc(-c3ccccc3)n2)cc1. The molecule has 0 spiro atoms. The van der Waals surface area contributed by atoms with Crippen molar-refractivity contribution in [3.63, 3.8) is 0 Å². The van der Waals surface area contributed by atoms with E-state index in [1.165, 1.54) is 37.9 Å². The lowest BCUT2D eigenvalue weighted by molar-refractivity contribution is 0.669. The molecule has 0 N–H and O–H groups in total. The zero-order valence-corrected chi connectivity index (χ0v) is 33.3. The summed E-state index contributed by atoms with van der Waals surface area (Å²) in [7, 11) is 0. The second kappa shape index (κ2) is 13.6. The predicted molar refractivity (Wildman–Crippen MR) is 256 cm³/mol. The average Bonchev–Trinajstić information content (AvgIpc) is 3.92. The molecule has 13 rings (SSSR count). The summed E-state index contributed by atoms with van der Waals surface area (Å²) in [5.41, 5.74) is 12.5. The van der Waals surface area contributed by atoms with E-state index in [1.54, 1.807) is 0 Å². The van der Waals surface area contributed by atoms with E-state index in [1.807, 2.05) is 48.5 Å². The predicted octanol–water partition coefficient (Wildman–Crippen LogP) is 16.1. The van der Waals surface area contributed by atoms with E-state index in [4.69, 9.17) is 18.8 Å². The summed E-state index contributed by atoms with van der Waals surface area (Å²) in [5, 5.41) is 11.8. The number of nitrogens with zero attached hydrogens (tertiary/aromatic N) is 2. The monoisotopic (exact) mass is 790 g/mol. The molecule has 4 heteroatoms. The molecule has 0 amide bonds. The highest BCUT2D eigenvalue weighted by molar-refractivity contribution is 6.26. The fraction of sp³-hybridized carbons (Fsp3) is 0. The Kier molecular flexibility index (Phi) is 7.57. The molecule has 0 aliphatic carbocycles. The van der Waals surface area contributed by atoms with Crippen molar-refractivity contribution in [2.75, 3.05) is 0 Å². The van der Waals surface area contributed by atoms with Gasteiger partial charge in [-0.2, -0.15) is 0 Å². The van der Waals surface area contributed by atoms with Gasteiger partial charge in [-0.3, -0.25) is 0 Å². The number of hydrogen-bond acceptors (Lipinski definition) is 4. The Bertz CT molecular complexity index is 3830. The minimum Gasteiger partial charge on any atom is -0.456 e. The summed E-state index contributed by atoms with van der Waals surface area (Å²) >= 11 is 0. The fourth-order valence-electron chi connectivity index (χ4n) is 9.60. The van der Waals surface area contributed by atoms with Gasteiger partial charge in [-0.1, -0.05) is 158 Å². The molecule has 3 heterocycles. The molecule has 4 nitrogen and oxygen atoms in total. The molecule has 62 heavy (non-hydrogen) atoms. The van der Waals surface area contributed by atoms with Crippen LogP contribution in [0.5, 0.6) is 0 Å². The zero-order valence-electron chi connectivity index (χ0n) is 33.3. The summed E-state index contributed by atoms with van der Waals surface area (Å²) in [6, 6.07) is 72.6. The Morgan fingerprint density at radius 3 is 1.37 bits per heavy atom. The molecule has 0 bridgehead atoms. The van der Waals surface area contributed by atoms with E-state index in [-0.39, 0.29) is 0 Å². The Morgan fingerprint density at radius 1 is 0.258 bits per heavy atom. The van der Waals surface area contributed by atoms with Crippen molar-refractivity contribution in [1.82, 2.24) is 9.97 Å². The minimum atomic E-state index is 0.677. The van der Waals surface area contributed by atoms with Crippen molar-refractivity contribution in [3.8, 4) is 56.2 Å². The van der Waals surface area contributed by atoms with Crippen LogP contribution >= 0.6 is 0 Å². The number of benzene rings is 10. The summed E-state index contributed by atoms with van der Waals surface area (Å²) in [6.45, 7) is 0. The average molecular weight is 791 g/mol. The van der Waals surface area contributed by atoms with Crippen LogP contribution in [0.25, 0.3) is 132 Å². The third-order valence-electron chi connectivity index (χ3n) is 12.5. The van der Waals surface area contributed by atoms with Gasteiger partial charge in [0, 0.05) is 38.2 Å². The lowest BCUT2D eigenvalue weighted by Crippen LogP contribution is -1.96. The molecule has 288 valence electrons. The van der Waals surface area contributed by atoms with Crippen LogP contribution in [-0.2, 0) is 0 Å². The van der Waals surface area contributed by atoms with Crippen molar-refractivity contribution in [3.05, 3.63) is 206 Å². The smallest absolute Gasteiger partial charge is 0.160 e. The van der Waals surface area contributed by atoms with Gasteiger partial charge in [0.05, 0.1) is 11.4 Å². The van der Waals surface area contributed by atoms with Gasteiger partial charge in [0.2, 0.25) is 0 Å². The Balaban J connectivity index is 0.978. The molecular formula is C58H34N2O2. The zero-order chi connectivity index (χ0) is 40.7. The van der Waals surface area contributed by atoms with E-state index >= 15 is 0 Å². The molecule has 13 aromatic rings. The summed E-state index contributed by atoms with van der Waals surface area (Å²) in [6.07, 6.45) is 0. The summed E-state index contributed by atoms with van der Waals surface area (Å²) < 4.78 is 13.1. The quantitative estimate of drug-likeness (QED) is 0.163. The standard InChI is InChI=1S/C58H34N2O2/c1-3-13-35(14-4-1)50-34-51(60-58(59-50)36-15-5-2-6-16-36)46-22-12-24-55-57(46)49-33-39(27-30-53(49)62-55)40-21-11-23-54-56(40)48-32-38(26-29-52(48)61-54)37-25-28-45-43-19-8-7-17-41(43)42-18-9-10-20-44(42)47(45)31-37/h1-34H. The van der Waals surface area contributed by atoms with E-state index in [0.717, 1.165) is 88.6 Å². The van der Waals surface area contributed by atoms with Gasteiger partial charge >= 0.3 is 0 Å². The van der Waals surface area contributed by atoms with Gasteiger partial charge < -0.3 is 8.83 Å². The molecule has 0 aliphatic heterocycles. The van der Waals surface area contributed by atoms with Crippen LogP contribution in [0.2, 0.25) is 0 Å². The van der Waals surface area contributed by atoms with Gasteiger partial charge in [-0.25, -0.2) is 9.97 Å². The summed E-state index contributed by atoms with van der Waals surface area (Å²) in [5.74, 6) is 0.677. The molecule has 0 saturated heterocycles. The highest BCUT2D eigenvalue weighted by Crippen LogP contribution is 2.43. The Hall–Kier alpha value is -8.34. The van der Waals surface area contributed by atoms with E-state index in [9.17, 15) is 0 Å². The molecule has 3 aromatic heterocycles. The first kappa shape index (κ1) is 34.5. The van der Waals surface area contributed by atoms with Gasteiger partial charge in [0.15, 0.2) is 5.82 Å². The molecular weight excluding hydrogens is 757 g/mol. The number of aromatic nitrogens is 2. The molecule has 10 aromatic carbocycles. The molecule has 0 fully saturated rings. The van der Waals surface area contributed by atoms with Crippen LogP contribution in [0.15, 0.2) is 215 Å². The van der Waals surface area contributed by atoms with Gasteiger partial charge in [0.25, 0.3) is 0 Å². The van der Waals surface area contributed by atoms with E-state index in [2.05, 4.69) is 158 Å². The van der Waals surface area contributed by atoms with Crippen molar-refractivity contribution in [2.24, 2.45) is 0 Å². The van der Waals surface area contributed by atoms with Crippen LogP contribution in [0, 0.1) is 0 Å². The van der Waals surface area contributed by atoms with Crippen LogP contribution in [0.1, 0.15) is 0 Å². The van der Waals surface area contributed by atoms with Crippen LogP contribution in [0.3, 0.4) is 0 Å². The maximum Gasteiger partial charge on any atom is 0.160 e. The maximum atomic E-state index is 6.56. The molecule has 0 saturated carbocycles. The van der Waals surface area contributed by atoms with Gasteiger partial charge in [-0.05, 0) is 103 Å². The van der Waals surface area contributed by atoms with Crippen molar-refractivity contribution in [1.29, 1.82) is 0 Å². The van der Waals surface area contributed by atoms with Crippen molar-refractivity contribution < 1.29 is 8.83 Å². The third kappa shape index (κ3) is 5.40. The largest absolute Gasteiger partial charge is 0.456 e. The lowest BCUT2D eigenvalue weighted by Gasteiger charge is -2.12. The van der Waals surface area contributed by atoms with Crippen molar-refractivity contribution >= 4 is 76.2 Å². The minimum absolute atomic E-state index is 0.677.